The van der Waals surface area contributed by atoms with Crippen LogP contribution in [0.15, 0.2) is 36.9 Å². The molecule has 0 aliphatic heterocycles. The molecule has 0 saturated heterocycles. The number of ether oxygens (including phenoxy) is 2. The van der Waals surface area contributed by atoms with Gasteiger partial charge in [0.2, 0.25) is 0 Å². The van der Waals surface area contributed by atoms with Crippen LogP contribution in [-0.4, -0.2) is 69.0 Å². The Morgan fingerprint density at radius 3 is 1.93 bits per heavy atom. The molecular weight excluding hydrogens is 721 g/mol. The van der Waals surface area contributed by atoms with Crippen LogP contribution in [0.3, 0.4) is 0 Å². The van der Waals surface area contributed by atoms with Crippen molar-refractivity contribution >= 4 is 29.8 Å². The van der Waals surface area contributed by atoms with E-state index in [0.717, 1.165) is 18.1 Å². The van der Waals surface area contributed by atoms with Crippen LogP contribution in [0.2, 0.25) is 0 Å². The summed E-state index contributed by atoms with van der Waals surface area (Å²) in [5.74, 6) is -4.63. The summed E-state index contributed by atoms with van der Waals surface area (Å²) < 4.78 is 9.85. The van der Waals surface area contributed by atoms with Crippen molar-refractivity contribution in [2.75, 3.05) is 6.61 Å². The fourth-order valence-electron chi connectivity index (χ4n) is 2.81. The first kappa shape index (κ1) is 42.4. The van der Waals surface area contributed by atoms with Gasteiger partial charge in [-0.15, -0.1) is 0 Å². The molecule has 0 radical (unpaired) electrons. The standard InChI is InChI=1S/C16H18O6.C7H13N.C3H8O.C2H2O4.Pt/c1-2-15(19)21-11-3-4-16(20)22-13-8-5-12(6-9-13)7-10-14(17)18;1-6-4-2-3-5-7(6)8;1-3(2)4;3-1(4)2(5)6;/h2,5-6,8-9H,1,3-4,7,10-11H2,(H,17,18);6-8H,1-5H2;3-4H,1-2H3;(H,3,4)(H,5,6);/q;-2;;;+2. The fraction of sp³-hybridized carbons (Fsp3) is 0.500. The SMILES string of the molecule is C=CC(=O)OCCCC(=O)Oc1ccc(CCC(=O)O)cc1.CC(C)O.O=C(O)C(=O)O.[CH2-]C1CCCCC1[NH-].[Pt+2]. The van der Waals surface area contributed by atoms with E-state index in [1.807, 2.05) is 0 Å². The van der Waals surface area contributed by atoms with Gasteiger partial charge in [0.1, 0.15) is 5.75 Å². The molecule has 0 aromatic heterocycles. The van der Waals surface area contributed by atoms with Crippen molar-refractivity contribution in [3.63, 3.8) is 0 Å². The van der Waals surface area contributed by atoms with Gasteiger partial charge in [0.15, 0.2) is 0 Å². The van der Waals surface area contributed by atoms with E-state index in [4.69, 9.17) is 45.2 Å². The van der Waals surface area contributed by atoms with Crippen LogP contribution in [0.4, 0.5) is 0 Å². The van der Waals surface area contributed by atoms with E-state index in [1.54, 1.807) is 38.1 Å². The maximum absolute atomic E-state index is 11.6. The molecule has 2 atom stereocenters. The largest absolute Gasteiger partial charge is 2.00 e. The summed E-state index contributed by atoms with van der Waals surface area (Å²) in [6.07, 6.45) is 6.68. The number of esters is 2. The van der Waals surface area contributed by atoms with E-state index in [9.17, 15) is 14.4 Å². The maximum Gasteiger partial charge on any atom is 2.00 e. The third-order valence-corrected chi connectivity index (χ3v) is 4.81. The number of hydrogen-bond acceptors (Lipinski definition) is 8. The molecular formula is C28H41NO11Pt. The number of aliphatic hydroxyl groups excluding tert-OH is 1. The fourth-order valence-corrected chi connectivity index (χ4v) is 2.81. The predicted molar refractivity (Wildman–Crippen MR) is 146 cm³/mol. The molecule has 0 heterocycles. The second-order valence-electron chi connectivity index (χ2n) is 8.84. The molecule has 1 aliphatic rings. The number of carbonyl (C=O) groups excluding carboxylic acids is 2. The monoisotopic (exact) mass is 762 g/mol. The van der Waals surface area contributed by atoms with E-state index in [-0.39, 0.29) is 52.7 Å². The van der Waals surface area contributed by atoms with Crippen LogP contribution >= 0.6 is 0 Å². The Bertz CT molecular complexity index is 895. The van der Waals surface area contributed by atoms with Gasteiger partial charge >= 0.3 is 50.9 Å². The Hall–Kier alpha value is -3.08. The second kappa shape index (κ2) is 25.9. The van der Waals surface area contributed by atoms with Gasteiger partial charge in [-0.3, -0.25) is 9.59 Å². The Morgan fingerprint density at radius 1 is 1.02 bits per heavy atom. The Morgan fingerprint density at radius 2 is 1.54 bits per heavy atom. The van der Waals surface area contributed by atoms with E-state index in [2.05, 4.69) is 13.5 Å². The van der Waals surface area contributed by atoms with Gasteiger partial charge in [-0.25, -0.2) is 14.4 Å². The van der Waals surface area contributed by atoms with Crippen LogP contribution in [-0.2, 0) is 56.2 Å². The average Bonchev–Trinajstić information content (AvgIpc) is 2.88. The number of benzene rings is 1. The second-order valence-corrected chi connectivity index (χ2v) is 8.84. The van der Waals surface area contributed by atoms with E-state index < -0.39 is 29.8 Å². The van der Waals surface area contributed by atoms with Crippen molar-refractivity contribution in [1.82, 2.24) is 0 Å². The van der Waals surface area contributed by atoms with Crippen LogP contribution in [0.25, 0.3) is 5.73 Å². The summed E-state index contributed by atoms with van der Waals surface area (Å²) in [6.45, 7) is 10.7. The zero-order valence-corrected chi connectivity index (χ0v) is 25.6. The number of hydrogen-bond donors (Lipinski definition) is 4. The number of nitrogens with one attached hydrogen (secondary N) is 1. The van der Waals surface area contributed by atoms with E-state index in [0.29, 0.717) is 24.5 Å². The molecule has 41 heavy (non-hydrogen) atoms. The molecule has 5 N–H and O–H groups in total. The first-order valence-corrected chi connectivity index (χ1v) is 12.7. The minimum Gasteiger partial charge on any atom is -0.677 e. The van der Waals surface area contributed by atoms with Gasteiger partial charge in [0.05, 0.1) is 6.61 Å². The molecule has 1 saturated carbocycles. The average molecular weight is 763 g/mol. The smallest absolute Gasteiger partial charge is 0.677 e. The maximum atomic E-state index is 11.6. The summed E-state index contributed by atoms with van der Waals surface area (Å²) >= 11 is 0. The van der Waals surface area contributed by atoms with E-state index in [1.165, 1.54) is 19.3 Å². The molecule has 0 bridgehead atoms. The first-order valence-electron chi connectivity index (χ1n) is 12.7. The molecule has 12 nitrogen and oxygen atoms in total. The zero-order chi connectivity index (χ0) is 31.1. The quantitative estimate of drug-likeness (QED) is 0.0704. The molecule has 1 fully saturated rings. The van der Waals surface area contributed by atoms with Gasteiger partial charge in [-0.1, -0.05) is 44.4 Å². The molecule has 1 aromatic carbocycles. The number of carboxylic acids is 3. The summed E-state index contributed by atoms with van der Waals surface area (Å²) in [6, 6.07) is 6.82. The van der Waals surface area contributed by atoms with Gasteiger partial charge in [0, 0.05) is 25.0 Å². The van der Waals surface area contributed by atoms with Gasteiger partial charge in [-0.2, -0.15) is 12.0 Å². The van der Waals surface area contributed by atoms with Crippen LogP contribution in [0.5, 0.6) is 5.75 Å². The molecule has 2 rings (SSSR count). The van der Waals surface area contributed by atoms with Gasteiger partial charge in [0.25, 0.3) is 0 Å². The molecule has 2 unspecified atom stereocenters. The summed E-state index contributed by atoms with van der Waals surface area (Å²) in [4.78, 5) is 51.0. The zero-order valence-electron chi connectivity index (χ0n) is 23.4. The third kappa shape index (κ3) is 28.2. The number of aryl methyl sites for hydroxylation is 1. The molecule has 234 valence electrons. The minimum atomic E-state index is -1.82. The molecule has 13 heteroatoms. The van der Waals surface area contributed by atoms with Gasteiger partial charge in [-0.05, 0) is 44.4 Å². The molecule has 0 amide bonds. The summed E-state index contributed by atoms with van der Waals surface area (Å²) in [7, 11) is 0. The molecule has 1 aromatic rings. The number of carboxylic acid groups (broad SMARTS) is 3. The summed E-state index contributed by atoms with van der Waals surface area (Å²) in [5.41, 5.74) is 8.28. The van der Waals surface area contributed by atoms with Crippen LogP contribution in [0.1, 0.15) is 64.4 Å². The first-order chi connectivity index (χ1) is 18.7. The predicted octanol–water partition coefficient (Wildman–Crippen LogP) is 4.09. The number of aliphatic carboxylic acids is 3. The van der Waals surface area contributed by atoms with E-state index >= 15 is 0 Å². The third-order valence-electron chi connectivity index (χ3n) is 4.81. The number of rotatable bonds is 9. The van der Waals surface area contributed by atoms with Crippen molar-refractivity contribution < 1.29 is 74.9 Å². The summed E-state index contributed by atoms with van der Waals surface area (Å²) in [5, 5.41) is 31.4. The van der Waals surface area contributed by atoms with Gasteiger partial charge < -0.3 is 42.6 Å². The van der Waals surface area contributed by atoms with Crippen LogP contribution in [0, 0.1) is 12.8 Å². The number of carbonyl (C=O) groups is 5. The van der Waals surface area contributed by atoms with Crippen molar-refractivity contribution in [3.05, 3.63) is 55.1 Å². The molecule has 1 aliphatic carbocycles. The Kier molecular flexibility index (Phi) is 26.7. The van der Waals surface area contributed by atoms with Crippen LogP contribution < -0.4 is 4.74 Å². The van der Waals surface area contributed by atoms with Crippen molar-refractivity contribution in [3.8, 4) is 5.75 Å². The van der Waals surface area contributed by atoms with Crippen molar-refractivity contribution in [1.29, 1.82) is 0 Å². The topological polar surface area (TPSA) is 209 Å². The molecule has 0 spiro atoms. The normalized spacial score (nSPS) is 15.0. The minimum absolute atomic E-state index is 0. The Labute approximate surface area is 255 Å². The number of aliphatic hydroxyl groups is 1. The van der Waals surface area contributed by atoms with Crippen molar-refractivity contribution in [2.45, 2.75) is 77.4 Å². The Balaban J connectivity index is -0.000000617. The van der Waals surface area contributed by atoms with Crippen molar-refractivity contribution in [2.24, 2.45) is 5.92 Å².